The first-order chi connectivity index (χ1) is 14.7. The van der Waals surface area contributed by atoms with Crippen LogP contribution < -0.4 is 15.4 Å². The molecule has 1 unspecified atom stereocenters. The Morgan fingerprint density at radius 2 is 2.13 bits per heavy atom. The van der Waals surface area contributed by atoms with Gasteiger partial charge in [-0.2, -0.15) is 0 Å². The predicted octanol–water partition coefficient (Wildman–Crippen LogP) is 5.09. The molecule has 7 nitrogen and oxygen atoms in total. The maximum atomic E-state index is 11.6. The molecule has 0 radical (unpaired) electrons. The Morgan fingerprint density at radius 1 is 1.20 bits per heavy atom. The number of thiophene rings is 1. The summed E-state index contributed by atoms with van der Waals surface area (Å²) in [5.74, 6) is 0.768. The fourth-order valence-electron chi connectivity index (χ4n) is 3.28. The van der Waals surface area contributed by atoms with Crippen molar-refractivity contribution >= 4 is 50.2 Å². The maximum absolute atomic E-state index is 11.6. The van der Waals surface area contributed by atoms with Crippen molar-refractivity contribution in [3.05, 3.63) is 46.7 Å². The summed E-state index contributed by atoms with van der Waals surface area (Å²) in [5.41, 5.74) is 2.83. The van der Waals surface area contributed by atoms with E-state index in [2.05, 4.69) is 20.8 Å². The number of amides is 1. The molecule has 2 N–H and O–H groups in total. The number of fused-ring (bicyclic) bond motifs is 1. The molecule has 10 heteroatoms. The second kappa shape index (κ2) is 8.13. The average Bonchev–Trinajstić information content (AvgIpc) is 3.50. The lowest BCUT2D eigenvalue weighted by atomic mass is 9.97. The highest BCUT2D eigenvalue weighted by Crippen LogP contribution is 2.37. The van der Waals surface area contributed by atoms with Gasteiger partial charge in [0.1, 0.15) is 5.75 Å². The second-order valence-electron chi connectivity index (χ2n) is 6.70. The number of carbonyl (C=O) groups excluding carboxylic acids is 1. The Labute approximate surface area is 184 Å². The fraction of sp³-hybridized carbons (Fsp3) is 0.200. The van der Waals surface area contributed by atoms with E-state index in [1.54, 1.807) is 11.3 Å². The van der Waals surface area contributed by atoms with E-state index in [1.807, 2.05) is 41.1 Å². The number of anilines is 2. The molecule has 0 saturated carbocycles. The van der Waals surface area contributed by atoms with Crippen LogP contribution in [0.3, 0.4) is 0 Å². The molecule has 152 valence electrons. The van der Waals surface area contributed by atoms with Crippen molar-refractivity contribution in [2.45, 2.75) is 19.4 Å². The first kappa shape index (κ1) is 19.2. The molecule has 1 aliphatic heterocycles. The van der Waals surface area contributed by atoms with Gasteiger partial charge in [-0.05, 0) is 29.6 Å². The van der Waals surface area contributed by atoms with Gasteiger partial charge in [0.05, 0.1) is 23.2 Å². The predicted molar refractivity (Wildman–Crippen MR) is 121 cm³/mol. The van der Waals surface area contributed by atoms with Crippen molar-refractivity contribution in [1.82, 2.24) is 20.5 Å². The minimum absolute atomic E-state index is 0.0421. The SMILES string of the molecule is CC(=O)NC1CCOc2ccc(-c3csc(Nc4nnc(-c5cccs5)s4)n3)cc21. The Kier molecular flexibility index (Phi) is 5.19. The van der Waals surface area contributed by atoms with Crippen molar-refractivity contribution in [3.63, 3.8) is 0 Å². The van der Waals surface area contributed by atoms with Gasteiger partial charge in [0.25, 0.3) is 0 Å². The third kappa shape index (κ3) is 3.93. The summed E-state index contributed by atoms with van der Waals surface area (Å²) < 4.78 is 5.75. The van der Waals surface area contributed by atoms with Crippen LogP contribution in [0.15, 0.2) is 41.1 Å². The average molecular weight is 456 g/mol. The number of aromatic nitrogens is 3. The summed E-state index contributed by atoms with van der Waals surface area (Å²) in [6, 6.07) is 9.98. The number of nitrogens with zero attached hydrogens (tertiary/aromatic N) is 3. The number of thiazole rings is 1. The van der Waals surface area contributed by atoms with E-state index < -0.39 is 0 Å². The summed E-state index contributed by atoms with van der Waals surface area (Å²) in [6.45, 7) is 2.13. The molecule has 4 aromatic rings. The van der Waals surface area contributed by atoms with Crippen LogP contribution in [0.4, 0.5) is 10.3 Å². The number of hydrogen-bond acceptors (Lipinski definition) is 9. The lowest BCUT2D eigenvalue weighted by Crippen LogP contribution is -2.30. The molecule has 0 spiro atoms. The van der Waals surface area contributed by atoms with Crippen molar-refractivity contribution in [3.8, 4) is 26.9 Å². The molecule has 0 aliphatic carbocycles. The molecule has 1 amide bonds. The summed E-state index contributed by atoms with van der Waals surface area (Å²) in [4.78, 5) is 17.4. The van der Waals surface area contributed by atoms with E-state index in [4.69, 9.17) is 9.72 Å². The summed E-state index contributed by atoms with van der Waals surface area (Å²) in [5, 5.41) is 21.1. The number of rotatable bonds is 5. The van der Waals surface area contributed by atoms with Gasteiger partial charge in [-0.3, -0.25) is 4.79 Å². The molecule has 30 heavy (non-hydrogen) atoms. The molecule has 0 saturated heterocycles. The Hall–Kier alpha value is -2.82. The van der Waals surface area contributed by atoms with E-state index in [-0.39, 0.29) is 11.9 Å². The zero-order valence-electron chi connectivity index (χ0n) is 15.9. The van der Waals surface area contributed by atoms with E-state index >= 15 is 0 Å². The zero-order valence-corrected chi connectivity index (χ0v) is 18.4. The third-order valence-electron chi connectivity index (χ3n) is 4.60. The largest absolute Gasteiger partial charge is 0.493 e. The second-order valence-corrected chi connectivity index (χ2v) is 9.48. The number of benzene rings is 1. The van der Waals surface area contributed by atoms with Crippen molar-refractivity contribution in [1.29, 1.82) is 0 Å². The highest BCUT2D eigenvalue weighted by molar-refractivity contribution is 7.23. The summed E-state index contributed by atoms with van der Waals surface area (Å²) >= 11 is 4.66. The molecule has 1 aromatic carbocycles. The van der Waals surface area contributed by atoms with E-state index in [0.29, 0.717) is 11.7 Å². The first-order valence-corrected chi connectivity index (χ1v) is 11.9. The van der Waals surface area contributed by atoms with Gasteiger partial charge in [-0.25, -0.2) is 4.98 Å². The third-order valence-corrected chi connectivity index (χ3v) is 7.23. The molecule has 4 heterocycles. The molecular weight excluding hydrogens is 438 g/mol. The number of carbonyl (C=O) groups is 1. The first-order valence-electron chi connectivity index (χ1n) is 9.30. The molecule has 1 atom stereocenters. The normalized spacial score (nSPS) is 15.3. The van der Waals surface area contributed by atoms with E-state index in [9.17, 15) is 4.79 Å². The highest BCUT2D eigenvalue weighted by atomic mass is 32.1. The minimum atomic E-state index is -0.0441. The van der Waals surface area contributed by atoms with Gasteiger partial charge in [-0.1, -0.05) is 17.4 Å². The van der Waals surface area contributed by atoms with Gasteiger partial charge in [-0.15, -0.1) is 32.9 Å². The molecule has 0 fully saturated rings. The standard InChI is InChI=1S/C20H17N5O2S3/c1-11(26)21-14-6-7-27-16-5-4-12(9-13(14)16)15-10-29-19(22-15)23-20-25-24-18(30-20)17-3-2-8-28-17/h2-5,8-10,14H,6-7H2,1H3,(H,21,26)(H,22,23,25). The fourth-order valence-corrected chi connectivity index (χ4v) is 5.60. The van der Waals surface area contributed by atoms with Gasteiger partial charge in [0.2, 0.25) is 11.0 Å². The zero-order chi connectivity index (χ0) is 20.5. The van der Waals surface area contributed by atoms with Gasteiger partial charge < -0.3 is 15.4 Å². The maximum Gasteiger partial charge on any atom is 0.217 e. The summed E-state index contributed by atoms with van der Waals surface area (Å²) in [6.07, 6.45) is 0.753. The number of hydrogen-bond donors (Lipinski definition) is 2. The smallest absolute Gasteiger partial charge is 0.217 e. The molecule has 0 bridgehead atoms. The number of nitrogens with one attached hydrogen (secondary N) is 2. The van der Waals surface area contributed by atoms with E-state index in [0.717, 1.165) is 44.0 Å². The summed E-state index contributed by atoms with van der Waals surface area (Å²) in [7, 11) is 0. The van der Waals surface area contributed by atoms with Crippen LogP contribution in [-0.4, -0.2) is 27.7 Å². The van der Waals surface area contributed by atoms with Crippen LogP contribution in [0.2, 0.25) is 0 Å². The van der Waals surface area contributed by atoms with Crippen molar-refractivity contribution < 1.29 is 9.53 Å². The van der Waals surface area contributed by atoms with Crippen molar-refractivity contribution in [2.75, 3.05) is 11.9 Å². The van der Waals surface area contributed by atoms with Crippen LogP contribution in [0, 0.1) is 0 Å². The topological polar surface area (TPSA) is 89.0 Å². The van der Waals surface area contributed by atoms with E-state index in [1.165, 1.54) is 29.6 Å². The van der Waals surface area contributed by atoms with Crippen LogP contribution >= 0.6 is 34.0 Å². The Bertz CT molecular complexity index is 1190. The van der Waals surface area contributed by atoms with Gasteiger partial charge >= 0.3 is 0 Å². The van der Waals surface area contributed by atoms with Crippen LogP contribution in [0.1, 0.15) is 24.9 Å². The monoisotopic (exact) mass is 455 g/mol. The lowest BCUT2D eigenvalue weighted by Gasteiger charge is -2.26. The van der Waals surface area contributed by atoms with Gasteiger partial charge in [0.15, 0.2) is 10.1 Å². The molecule has 5 rings (SSSR count). The Balaban J connectivity index is 1.36. The van der Waals surface area contributed by atoms with Crippen LogP contribution in [0.25, 0.3) is 21.1 Å². The lowest BCUT2D eigenvalue weighted by molar-refractivity contribution is -0.119. The molecular formula is C20H17N5O2S3. The molecule has 1 aliphatic rings. The number of ether oxygens (including phenoxy) is 1. The van der Waals surface area contributed by atoms with Crippen LogP contribution in [-0.2, 0) is 4.79 Å². The minimum Gasteiger partial charge on any atom is -0.493 e. The Morgan fingerprint density at radius 3 is 2.97 bits per heavy atom. The quantitative estimate of drug-likeness (QED) is 0.436. The van der Waals surface area contributed by atoms with Crippen molar-refractivity contribution in [2.24, 2.45) is 0 Å². The van der Waals surface area contributed by atoms with Crippen LogP contribution in [0.5, 0.6) is 5.75 Å². The molecule has 3 aromatic heterocycles. The van der Waals surface area contributed by atoms with Gasteiger partial charge in [0, 0.05) is 29.9 Å². The highest BCUT2D eigenvalue weighted by Gasteiger charge is 2.23.